The molecule has 1 atom stereocenters. The van der Waals surface area contributed by atoms with Gasteiger partial charge in [-0.1, -0.05) is 11.3 Å². The van der Waals surface area contributed by atoms with Gasteiger partial charge in [-0.2, -0.15) is 5.21 Å². The van der Waals surface area contributed by atoms with Gasteiger partial charge in [0.25, 0.3) is 0 Å². The summed E-state index contributed by atoms with van der Waals surface area (Å²) in [6.45, 7) is 1.58. The summed E-state index contributed by atoms with van der Waals surface area (Å²) in [5.74, 6) is 2.12. The summed E-state index contributed by atoms with van der Waals surface area (Å²) in [7, 11) is -3.04. The molecule has 1 aromatic carbocycles. The molecule has 0 aliphatic carbocycles. The SMILES string of the molecule is COc1cccc2c(N3CCC(CC(COCc4nn[nH]n4)OP(=O)(O)O)CC3)ncnc12. The Labute approximate surface area is 189 Å². The average molecular weight is 479 g/mol. The van der Waals surface area contributed by atoms with Gasteiger partial charge in [-0.3, -0.25) is 4.52 Å². The number of hydrogen-bond acceptors (Lipinski definition) is 10. The summed E-state index contributed by atoms with van der Waals surface area (Å²) in [6.07, 6.45) is 2.89. The summed E-state index contributed by atoms with van der Waals surface area (Å²) in [4.78, 5) is 29.7. The molecule has 0 bridgehead atoms. The Balaban J connectivity index is 1.36. The molecule has 4 rings (SSSR count). The number of fused-ring (bicyclic) bond motifs is 1. The van der Waals surface area contributed by atoms with Crippen molar-refractivity contribution in [2.75, 3.05) is 31.7 Å². The number of benzene rings is 1. The maximum atomic E-state index is 11.4. The van der Waals surface area contributed by atoms with Crippen LogP contribution in [0.25, 0.3) is 10.9 Å². The van der Waals surface area contributed by atoms with Gasteiger partial charge in [0.2, 0.25) is 0 Å². The fraction of sp³-hybridized carbons (Fsp3) is 0.526. The summed E-state index contributed by atoms with van der Waals surface area (Å²) < 4.78 is 27.3. The minimum atomic E-state index is -4.65. The highest BCUT2D eigenvalue weighted by Crippen LogP contribution is 2.40. The summed E-state index contributed by atoms with van der Waals surface area (Å²) in [5, 5.41) is 14.2. The van der Waals surface area contributed by atoms with Crippen molar-refractivity contribution in [3.63, 3.8) is 0 Å². The van der Waals surface area contributed by atoms with E-state index in [9.17, 15) is 14.4 Å². The van der Waals surface area contributed by atoms with Gasteiger partial charge in [-0.15, -0.1) is 10.2 Å². The number of rotatable bonds is 10. The quantitative estimate of drug-likeness (QED) is 0.358. The van der Waals surface area contributed by atoms with Gasteiger partial charge in [-0.25, -0.2) is 14.5 Å². The first-order valence-corrected chi connectivity index (χ1v) is 12.0. The van der Waals surface area contributed by atoms with E-state index in [0.29, 0.717) is 18.0 Å². The number of H-pyrrole nitrogens is 1. The van der Waals surface area contributed by atoms with E-state index >= 15 is 0 Å². The van der Waals surface area contributed by atoms with Gasteiger partial charge in [0, 0.05) is 18.5 Å². The third-order valence-electron chi connectivity index (χ3n) is 5.55. The van der Waals surface area contributed by atoms with Crippen molar-refractivity contribution in [3.8, 4) is 5.75 Å². The van der Waals surface area contributed by atoms with Crippen LogP contribution in [-0.2, 0) is 20.4 Å². The van der Waals surface area contributed by atoms with Crippen LogP contribution in [0.2, 0.25) is 0 Å². The number of tetrazole rings is 1. The molecule has 1 aliphatic rings. The Morgan fingerprint density at radius 3 is 2.79 bits per heavy atom. The first kappa shape index (κ1) is 23.5. The monoisotopic (exact) mass is 479 g/mol. The lowest BCUT2D eigenvalue weighted by molar-refractivity contribution is 0.0112. The molecular weight excluding hydrogens is 453 g/mol. The number of piperidine rings is 1. The lowest BCUT2D eigenvalue weighted by Crippen LogP contribution is -2.36. The highest BCUT2D eigenvalue weighted by Gasteiger charge is 2.29. The molecule has 3 N–H and O–H groups in total. The van der Waals surface area contributed by atoms with Crippen LogP contribution in [0.5, 0.6) is 5.75 Å². The second kappa shape index (κ2) is 10.5. The van der Waals surface area contributed by atoms with E-state index in [1.54, 1.807) is 7.11 Å². The van der Waals surface area contributed by atoms with Crippen LogP contribution in [0, 0.1) is 5.92 Å². The molecule has 0 amide bonds. The Morgan fingerprint density at radius 2 is 2.09 bits per heavy atom. The minimum absolute atomic E-state index is 0.0101. The molecule has 1 saturated heterocycles. The van der Waals surface area contributed by atoms with Crippen molar-refractivity contribution < 1.29 is 28.3 Å². The summed E-state index contributed by atoms with van der Waals surface area (Å²) in [5.41, 5.74) is 0.765. The first-order valence-electron chi connectivity index (χ1n) is 10.5. The maximum Gasteiger partial charge on any atom is 0.469 e. The Hall–Kier alpha value is -2.70. The third-order valence-corrected chi connectivity index (χ3v) is 6.12. The van der Waals surface area contributed by atoms with Crippen LogP contribution in [0.3, 0.4) is 0 Å². The van der Waals surface area contributed by atoms with Crippen molar-refractivity contribution >= 4 is 24.5 Å². The van der Waals surface area contributed by atoms with Gasteiger partial charge in [0.1, 0.15) is 30.0 Å². The van der Waals surface area contributed by atoms with Crippen LogP contribution >= 0.6 is 7.82 Å². The molecule has 1 unspecified atom stereocenters. The lowest BCUT2D eigenvalue weighted by Gasteiger charge is -2.34. The number of methoxy groups -OCH3 is 1. The number of phosphoric ester groups is 1. The zero-order valence-corrected chi connectivity index (χ0v) is 19.0. The van der Waals surface area contributed by atoms with Crippen molar-refractivity contribution in [3.05, 3.63) is 30.4 Å². The Bertz CT molecular complexity index is 1090. The molecule has 0 spiro atoms. The zero-order valence-electron chi connectivity index (χ0n) is 18.1. The van der Waals surface area contributed by atoms with Crippen LogP contribution in [0.4, 0.5) is 5.82 Å². The average Bonchev–Trinajstić information content (AvgIpc) is 3.31. The molecule has 0 saturated carbocycles. The van der Waals surface area contributed by atoms with E-state index in [1.807, 2.05) is 18.2 Å². The molecule has 14 heteroatoms. The molecule has 13 nitrogen and oxygen atoms in total. The fourth-order valence-corrected chi connectivity index (χ4v) is 4.61. The van der Waals surface area contributed by atoms with Gasteiger partial charge >= 0.3 is 7.82 Å². The number of anilines is 1. The van der Waals surface area contributed by atoms with Gasteiger partial charge in [-0.05, 0) is 37.3 Å². The van der Waals surface area contributed by atoms with Crippen molar-refractivity contribution in [1.82, 2.24) is 30.6 Å². The smallest absolute Gasteiger partial charge is 0.469 e. The van der Waals surface area contributed by atoms with Gasteiger partial charge in [0.05, 0.1) is 19.8 Å². The molecule has 1 fully saturated rings. The van der Waals surface area contributed by atoms with Crippen LogP contribution in [0.15, 0.2) is 24.5 Å². The highest BCUT2D eigenvalue weighted by atomic mass is 31.2. The number of para-hydroxylation sites is 1. The molecule has 2 aromatic heterocycles. The topological polar surface area (TPSA) is 169 Å². The third kappa shape index (κ3) is 6.21. The van der Waals surface area contributed by atoms with Crippen LogP contribution < -0.4 is 9.64 Å². The molecule has 178 valence electrons. The maximum absolute atomic E-state index is 11.4. The van der Waals surface area contributed by atoms with E-state index in [4.69, 9.17) is 14.0 Å². The molecule has 0 radical (unpaired) electrons. The number of nitrogens with zero attached hydrogens (tertiary/aromatic N) is 6. The number of nitrogens with one attached hydrogen (secondary N) is 1. The number of phosphoric acid groups is 1. The highest BCUT2D eigenvalue weighted by molar-refractivity contribution is 7.46. The Kier molecular flexibility index (Phi) is 7.46. The van der Waals surface area contributed by atoms with Crippen LogP contribution in [-0.4, -0.2) is 73.3 Å². The zero-order chi connectivity index (χ0) is 23.3. The van der Waals surface area contributed by atoms with E-state index in [2.05, 4.69) is 35.5 Å². The molecule has 3 heterocycles. The van der Waals surface area contributed by atoms with Gasteiger partial charge < -0.3 is 24.2 Å². The van der Waals surface area contributed by atoms with E-state index in [1.165, 1.54) is 6.33 Å². The predicted molar refractivity (Wildman–Crippen MR) is 116 cm³/mol. The number of aromatic amines is 1. The molecular formula is C19H26N7O6P. The van der Waals surface area contributed by atoms with E-state index < -0.39 is 13.9 Å². The van der Waals surface area contributed by atoms with E-state index in [-0.39, 0.29) is 19.1 Å². The number of aromatic nitrogens is 6. The minimum Gasteiger partial charge on any atom is -0.494 e. The predicted octanol–water partition coefficient (Wildman–Crippen LogP) is 1.45. The fourth-order valence-electron chi connectivity index (χ4n) is 4.08. The normalized spacial score (nSPS) is 16.3. The van der Waals surface area contributed by atoms with Gasteiger partial charge in [0.15, 0.2) is 5.82 Å². The summed E-state index contributed by atoms with van der Waals surface area (Å²) in [6, 6.07) is 5.76. The van der Waals surface area contributed by atoms with E-state index in [0.717, 1.165) is 42.7 Å². The second-order valence-corrected chi connectivity index (χ2v) is 8.97. The van der Waals surface area contributed by atoms with Crippen LogP contribution in [0.1, 0.15) is 25.1 Å². The lowest BCUT2D eigenvalue weighted by atomic mass is 9.91. The largest absolute Gasteiger partial charge is 0.494 e. The van der Waals surface area contributed by atoms with Crippen molar-refractivity contribution in [2.45, 2.75) is 32.0 Å². The Morgan fingerprint density at radius 1 is 1.27 bits per heavy atom. The van der Waals surface area contributed by atoms with Crippen molar-refractivity contribution in [1.29, 1.82) is 0 Å². The van der Waals surface area contributed by atoms with Crippen molar-refractivity contribution in [2.24, 2.45) is 5.92 Å². The second-order valence-electron chi connectivity index (χ2n) is 7.78. The summed E-state index contributed by atoms with van der Waals surface area (Å²) >= 11 is 0. The number of hydrogen-bond donors (Lipinski definition) is 3. The molecule has 33 heavy (non-hydrogen) atoms. The number of ether oxygens (including phenoxy) is 2. The standard InChI is InChI=1S/C19H26N7O6P/c1-30-16-4-2-3-15-18(16)20-12-21-19(15)26-7-5-13(6-8-26)9-14(32-33(27,28)29)10-31-11-17-22-24-25-23-17/h2-4,12-14H,5-11H2,1H3,(H2,27,28,29)(H,22,23,24,25). The molecule has 1 aliphatic heterocycles. The molecule has 3 aromatic rings. The first-order chi connectivity index (χ1) is 15.9.